The van der Waals surface area contributed by atoms with Crippen molar-refractivity contribution in [1.29, 1.82) is 0 Å². The molecule has 0 bridgehead atoms. The van der Waals surface area contributed by atoms with E-state index >= 15 is 0 Å². The smallest absolute Gasteiger partial charge is 0.272 e. The van der Waals surface area contributed by atoms with E-state index in [9.17, 15) is 4.79 Å². The van der Waals surface area contributed by atoms with E-state index in [2.05, 4.69) is 28.2 Å². The van der Waals surface area contributed by atoms with Gasteiger partial charge in [0.1, 0.15) is 5.69 Å². The van der Waals surface area contributed by atoms with Crippen LogP contribution >= 0.6 is 27.7 Å². The zero-order valence-corrected chi connectivity index (χ0v) is 13.9. The molecule has 2 aromatic rings. The Kier molecular flexibility index (Phi) is 5.31. The second kappa shape index (κ2) is 6.99. The van der Waals surface area contributed by atoms with Gasteiger partial charge in [0.05, 0.1) is 0 Å². The monoisotopic (exact) mass is 352 g/mol. The van der Waals surface area contributed by atoms with Crippen molar-refractivity contribution < 1.29 is 4.79 Å². The number of hydrogen-bond acceptors (Lipinski definition) is 2. The summed E-state index contributed by atoms with van der Waals surface area (Å²) in [5.74, 6) is -0.0824. The SMILES string of the molecule is CCCn1cc(Br)cc1C(=O)Nc1ccc(SC)cc1. The third kappa shape index (κ3) is 3.67. The number of carbonyl (C=O) groups is 1. The molecule has 1 aromatic heterocycles. The molecule has 0 unspecified atom stereocenters. The van der Waals surface area contributed by atoms with E-state index in [1.54, 1.807) is 11.8 Å². The fraction of sp³-hybridized carbons (Fsp3) is 0.267. The molecule has 1 N–H and O–H groups in total. The maximum Gasteiger partial charge on any atom is 0.272 e. The van der Waals surface area contributed by atoms with Gasteiger partial charge in [-0.2, -0.15) is 0 Å². The van der Waals surface area contributed by atoms with Gasteiger partial charge in [-0.3, -0.25) is 4.79 Å². The molecule has 106 valence electrons. The minimum atomic E-state index is -0.0824. The molecule has 3 nitrogen and oxygen atoms in total. The maximum atomic E-state index is 12.3. The highest BCUT2D eigenvalue weighted by Gasteiger charge is 2.12. The third-order valence-corrected chi connectivity index (χ3v) is 4.09. The van der Waals surface area contributed by atoms with Gasteiger partial charge in [0.25, 0.3) is 5.91 Å². The molecule has 1 aromatic carbocycles. The number of anilines is 1. The van der Waals surface area contributed by atoms with Gasteiger partial charge in [0.2, 0.25) is 0 Å². The molecule has 0 spiro atoms. The molecule has 0 aliphatic carbocycles. The number of nitrogens with one attached hydrogen (secondary N) is 1. The Balaban J connectivity index is 2.14. The van der Waals surface area contributed by atoms with Gasteiger partial charge in [-0.05, 0) is 58.9 Å². The molecule has 1 amide bonds. The Labute approximate surface area is 131 Å². The molecule has 5 heteroatoms. The first kappa shape index (κ1) is 15.2. The van der Waals surface area contributed by atoms with E-state index in [4.69, 9.17) is 0 Å². The molecule has 0 aliphatic heterocycles. The lowest BCUT2D eigenvalue weighted by molar-refractivity contribution is 0.101. The van der Waals surface area contributed by atoms with Crippen molar-refractivity contribution >= 4 is 39.3 Å². The van der Waals surface area contributed by atoms with Crippen molar-refractivity contribution in [2.45, 2.75) is 24.8 Å². The summed E-state index contributed by atoms with van der Waals surface area (Å²) in [5.41, 5.74) is 1.49. The highest BCUT2D eigenvalue weighted by molar-refractivity contribution is 9.10. The molecule has 0 fully saturated rings. The number of aromatic nitrogens is 1. The Bertz CT molecular complexity index is 592. The van der Waals surface area contributed by atoms with E-state index in [0.29, 0.717) is 5.69 Å². The number of nitrogens with zero attached hydrogens (tertiary/aromatic N) is 1. The number of halogens is 1. The summed E-state index contributed by atoms with van der Waals surface area (Å²) in [6.07, 6.45) is 4.96. The number of aryl methyl sites for hydroxylation is 1. The lowest BCUT2D eigenvalue weighted by Crippen LogP contribution is -2.16. The highest BCUT2D eigenvalue weighted by atomic mass is 79.9. The normalized spacial score (nSPS) is 10.6. The molecule has 0 atom stereocenters. The summed E-state index contributed by atoms with van der Waals surface area (Å²) >= 11 is 5.10. The van der Waals surface area contributed by atoms with Crippen LogP contribution in [-0.4, -0.2) is 16.7 Å². The van der Waals surface area contributed by atoms with Gasteiger partial charge in [-0.25, -0.2) is 0 Å². The van der Waals surface area contributed by atoms with E-state index in [-0.39, 0.29) is 5.91 Å². The van der Waals surface area contributed by atoms with Crippen LogP contribution in [0.25, 0.3) is 0 Å². The van der Waals surface area contributed by atoms with Gasteiger partial charge in [0, 0.05) is 27.8 Å². The number of rotatable bonds is 5. The zero-order chi connectivity index (χ0) is 14.5. The predicted molar refractivity (Wildman–Crippen MR) is 88.6 cm³/mol. The van der Waals surface area contributed by atoms with Gasteiger partial charge in [-0.1, -0.05) is 6.92 Å². The molecular formula is C15H17BrN2OS. The Morgan fingerprint density at radius 2 is 2.05 bits per heavy atom. The first-order valence-corrected chi connectivity index (χ1v) is 8.47. The van der Waals surface area contributed by atoms with Crippen LogP contribution in [0, 0.1) is 0 Å². The van der Waals surface area contributed by atoms with E-state index in [1.807, 2.05) is 47.4 Å². The number of thioether (sulfide) groups is 1. The lowest BCUT2D eigenvalue weighted by atomic mass is 10.3. The lowest BCUT2D eigenvalue weighted by Gasteiger charge is -2.09. The summed E-state index contributed by atoms with van der Waals surface area (Å²) in [5, 5.41) is 2.93. The third-order valence-electron chi connectivity index (χ3n) is 2.91. The zero-order valence-electron chi connectivity index (χ0n) is 11.5. The first-order valence-electron chi connectivity index (χ1n) is 6.45. The predicted octanol–water partition coefficient (Wildman–Crippen LogP) is 4.63. The number of carbonyl (C=O) groups excluding carboxylic acids is 1. The summed E-state index contributed by atoms with van der Waals surface area (Å²) in [6, 6.07) is 9.70. The fourth-order valence-corrected chi connectivity index (χ4v) is 2.83. The first-order chi connectivity index (χ1) is 9.63. The van der Waals surface area contributed by atoms with Crippen LogP contribution < -0.4 is 5.32 Å². The van der Waals surface area contributed by atoms with Gasteiger partial charge < -0.3 is 9.88 Å². The Morgan fingerprint density at radius 3 is 2.65 bits per heavy atom. The van der Waals surface area contributed by atoms with Crippen LogP contribution in [0.2, 0.25) is 0 Å². The topological polar surface area (TPSA) is 34.0 Å². The standard InChI is InChI=1S/C15H17BrN2OS/c1-3-8-18-10-11(16)9-14(18)15(19)17-12-4-6-13(20-2)7-5-12/h4-7,9-10H,3,8H2,1-2H3,(H,17,19). The van der Waals surface area contributed by atoms with Crippen LogP contribution in [-0.2, 0) is 6.54 Å². The number of hydrogen-bond donors (Lipinski definition) is 1. The fourth-order valence-electron chi connectivity index (χ4n) is 1.96. The van der Waals surface area contributed by atoms with Crippen LogP contribution in [0.3, 0.4) is 0 Å². The van der Waals surface area contributed by atoms with Crippen molar-refractivity contribution in [3.05, 3.63) is 46.7 Å². The van der Waals surface area contributed by atoms with Crippen molar-refractivity contribution in [3.8, 4) is 0 Å². The summed E-state index contributed by atoms with van der Waals surface area (Å²) in [7, 11) is 0. The minimum absolute atomic E-state index is 0.0824. The summed E-state index contributed by atoms with van der Waals surface area (Å²) in [4.78, 5) is 13.5. The van der Waals surface area contributed by atoms with Gasteiger partial charge in [-0.15, -0.1) is 11.8 Å². The molecule has 0 aliphatic rings. The van der Waals surface area contributed by atoms with Crippen LogP contribution in [0.4, 0.5) is 5.69 Å². The average molecular weight is 353 g/mol. The van der Waals surface area contributed by atoms with Crippen molar-refractivity contribution in [3.63, 3.8) is 0 Å². The van der Waals surface area contributed by atoms with Gasteiger partial charge >= 0.3 is 0 Å². The van der Waals surface area contributed by atoms with Crippen molar-refractivity contribution in [2.24, 2.45) is 0 Å². The summed E-state index contributed by atoms with van der Waals surface area (Å²) in [6.45, 7) is 2.93. The van der Waals surface area contributed by atoms with E-state index in [1.165, 1.54) is 4.90 Å². The minimum Gasteiger partial charge on any atom is -0.342 e. The quantitative estimate of drug-likeness (QED) is 0.795. The molecule has 0 saturated carbocycles. The number of benzene rings is 1. The molecule has 20 heavy (non-hydrogen) atoms. The molecule has 2 rings (SSSR count). The Hall–Kier alpha value is -1.20. The van der Waals surface area contributed by atoms with Crippen molar-refractivity contribution in [2.75, 3.05) is 11.6 Å². The largest absolute Gasteiger partial charge is 0.342 e. The van der Waals surface area contributed by atoms with Crippen LogP contribution in [0.1, 0.15) is 23.8 Å². The van der Waals surface area contributed by atoms with Crippen LogP contribution in [0.15, 0.2) is 45.9 Å². The van der Waals surface area contributed by atoms with Crippen LogP contribution in [0.5, 0.6) is 0 Å². The Morgan fingerprint density at radius 1 is 1.35 bits per heavy atom. The summed E-state index contributed by atoms with van der Waals surface area (Å²) < 4.78 is 2.89. The highest BCUT2D eigenvalue weighted by Crippen LogP contribution is 2.20. The maximum absolute atomic E-state index is 12.3. The second-order valence-corrected chi connectivity index (χ2v) is 6.21. The molecular weight excluding hydrogens is 336 g/mol. The molecule has 0 saturated heterocycles. The second-order valence-electron chi connectivity index (χ2n) is 4.42. The van der Waals surface area contributed by atoms with E-state index in [0.717, 1.165) is 23.1 Å². The van der Waals surface area contributed by atoms with Gasteiger partial charge in [0.15, 0.2) is 0 Å². The van der Waals surface area contributed by atoms with Crippen molar-refractivity contribution in [1.82, 2.24) is 4.57 Å². The average Bonchev–Trinajstić information content (AvgIpc) is 2.81. The molecule has 0 radical (unpaired) electrons. The number of amides is 1. The van der Waals surface area contributed by atoms with E-state index < -0.39 is 0 Å². The molecule has 1 heterocycles.